The average Bonchev–Trinajstić information content (AvgIpc) is 2.73. The largest absolute Gasteiger partial charge is 0.484 e. The van der Waals surface area contributed by atoms with Crippen molar-refractivity contribution in [2.24, 2.45) is 0 Å². The van der Waals surface area contributed by atoms with E-state index in [1.165, 1.54) is 0 Å². The van der Waals surface area contributed by atoms with Gasteiger partial charge in [0.25, 0.3) is 5.91 Å². The maximum atomic E-state index is 12.1. The van der Waals surface area contributed by atoms with Crippen LogP contribution in [0.1, 0.15) is 18.9 Å². The molecule has 2 amide bonds. The van der Waals surface area contributed by atoms with E-state index in [0.717, 1.165) is 0 Å². The highest BCUT2D eigenvalue weighted by molar-refractivity contribution is 5.87. The Morgan fingerprint density at radius 3 is 2.11 bits per heavy atom. The molecule has 0 aromatic heterocycles. The first-order valence-corrected chi connectivity index (χ1v) is 8.98. The van der Waals surface area contributed by atoms with Gasteiger partial charge >= 0.3 is 5.97 Å². The zero-order valence-electron chi connectivity index (χ0n) is 15.7. The van der Waals surface area contributed by atoms with E-state index in [1.54, 1.807) is 61.5 Å². The Kier molecular flexibility index (Phi) is 7.56. The van der Waals surface area contributed by atoms with Gasteiger partial charge < -0.3 is 20.5 Å². The van der Waals surface area contributed by atoms with Crippen LogP contribution in [0.25, 0.3) is 0 Å². The molecule has 7 nitrogen and oxygen atoms in total. The lowest BCUT2D eigenvalue weighted by Crippen LogP contribution is -2.48. The molecular weight excluding hydrogens is 360 g/mol. The van der Waals surface area contributed by atoms with Crippen LogP contribution in [0, 0.1) is 0 Å². The first kappa shape index (κ1) is 21.0. The topological polar surface area (TPSA) is 105 Å². The number of carbonyl (C=O) groups excluding carboxylic acids is 2. The van der Waals surface area contributed by atoms with E-state index >= 15 is 0 Å². The lowest BCUT2D eigenvalue weighted by molar-refractivity contribution is -0.144. The molecule has 148 valence electrons. The van der Waals surface area contributed by atoms with Crippen LogP contribution in [0.15, 0.2) is 60.7 Å². The molecule has 0 saturated heterocycles. The molecule has 0 spiro atoms. The molecule has 28 heavy (non-hydrogen) atoms. The summed E-state index contributed by atoms with van der Waals surface area (Å²) in [5.41, 5.74) is -0.609. The van der Waals surface area contributed by atoms with Gasteiger partial charge in [-0.3, -0.25) is 14.4 Å². The van der Waals surface area contributed by atoms with E-state index in [2.05, 4.69) is 10.6 Å². The number of carboxylic acids is 1. The number of rotatable bonds is 10. The summed E-state index contributed by atoms with van der Waals surface area (Å²) in [5, 5.41) is 14.8. The Labute approximate surface area is 163 Å². The van der Waals surface area contributed by atoms with Crippen LogP contribution in [0.2, 0.25) is 0 Å². The van der Waals surface area contributed by atoms with Crippen LogP contribution in [0.3, 0.4) is 0 Å². The van der Waals surface area contributed by atoms with Crippen LogP contribution in [0.5, 0.6) is 5.75 Å². The Hall–Kier alpha value is -3.35. The maximum absolute atomic E-state index is 12.1. The summed E-state index contributed by atoms with van der Waals surface area (Å²) in [5.74, 6) is -1.37. The second-order valence-electron chi connectivity index (χ2n) is 6.26. The van der Waals surface area contributed by atoms with Crippen LogP contribution in [0.4, 0.5) is 0 Å². The minimum atomic E-state index is -1.22. The molecule has 0 radical (unpaired) electrons. The second-order valence-corrected chi connectivity index (χ2v) is 6.26. The molecule has 0 aliphatic carbocycles. The Balaban J connectivity index is 1.84. The number of benzene rings is 2. The van der Waals surface area contributed by atoms with Gasteiger partial charge in [-0.1, -0.05) is 55.5 Å². The molecule has 0 aliphatic rings. The molecule has 0 fully saturated rings. The fourth-order valence-corrected chi connectivity index (χ4v) is 2.75. The van der Waals surface area contributed by atoms with E-state index in [9.17, 15) is 19.5 Å². The van der Waals surface area contributed by atoms with Gasteiger partial charge in [0.1, 0.15) is 11.2 Å². The fourth-order valence-electron chi connectivity index (χ4n) is 2.75. The standard InChI is InChI=1S/C21H24N2O5/c1-2-21(20(26)27,16-9-5-3-6-10-16)15-23-18(24)13-22-19(25)14-28-17-11-7-4-8-12-17/h3-12H,2,13-15H2,1H3,(H,22,25)(H,23,24)(H,26,27). The van der Waals surface area contributed by atoms with Crippen molar-refractivity contribution in [1.82, 2.24) is 10.6 Å². The van der Waals surface area contributed by atoms with Crippen molar-refractivity contribution in [2.45, 2.75) is 18.8 Å². The smallest absolute Gasteiger partial charge is 0.315 e. The first-order valence-electron chi connectivity index (χ1n) is 8.98. The number of ether oxygens (including phenoxy) is 1. The number of amides is 2. The molecule has 1 unspecified atom stereocenters. The summed E-state index contributed by atoms with van der Waals surface area (Å²) >= 11 is 0. The molecule has 2 rings (SSSR count). The second kappa shape index (κ2) is 10.1. The van der Waals surface area contributed by atoms with Gasteiger partial charge in [0, 0.05) is 6.54 Å². The third-order valence-electron chi connectivity index (χ3n) is 4.49. The summed E-state index contributed by atoms with van der Waals surface area (Å²) in [6, 6.07) is 17.6. The summed E-state index contributed by atoms with van der Waals surface area (Å²) in [6.45, 7) is 1.22. The van der Waals surface area contributed by atoms with Gasteiger partial charge in [-0.15, -0.1) is 0 Å². The highest BCUT2D eigenvalue weighted by Gasteiger charge is 2.38. The van der Waals surface area contributed by atoms with E-state index in [1.807, 2.05) is 6.07 Å². The molecule has 0 heterocycles. The van der Waals surface area contributed by atoms with Gasteiger partial charge in [-0.05, 0) is 24.1 Å². The van der Waals surface area contributed by atoms with E-state index in [-0.39, 0.29) is 19.7 Å². The molecule has 0 saturated carbocycles. The maximum Gasteiger partial charge on any atom is 0.315 e. The van der Waals surface area contributed by atoms with Crippen molar-refractivity contribution >= 4 is 17.8 Å². The lowest BCUT2D eigenvalue weighted by atomic mass is 9.78. The van der Waals surface area contributed by atoms with Crippen molar-refractivity contribution in [3.05, 3.63) is 66.2 Å². The third-order valence-corrected chi connectivity index (χ3v) is 4.49. The number of nitrogens with one attached hydrogen (secondary N) is 2. The fraction of sp³-hybridized carbons (Fsp3) is 0.286. The number of carboxylic acid groups (broad SMARTS) is 1. The van der Waals surface area contributed by atoms with Gasteiger partial charge in [0.05, 0.1) is 6.54 Å². The van der Waals surface area contributed by atoms with Crippen molar-refractivity contribution in [3.63, 3.8) is 0 Å². The van der Waals surface area contributed by atoms with Crippen molar-refractivity contribution in [2.75, 3.05) is 19.7 Å². The number of carbonyl (C=O) groups is 3. The summed E-state index contributed by atoms with van der Waals surface area (Å²) in [6.07, 6.45) is 0.309. The zero-order chi connectivity index (χ0) is 20.4. The molecule has 0 bridgehead atoms. The highest BCUT2D eigenvalue weighted by Crippen LogP contribution is 2.27. The van der Waals surface area contributed by atoms with Crippen LogP contribution < -0.4 is 15.4 Å². The number of hydrogen-bond donors (Lipinski definition) is 3. The quantitative estimate of drug-likeness (QED) is 0.579. The number of aliphatic carboxylic acids is 1. The molecule has 1 atom stereocenters. The van der Waals surface area contributed by atoms with E-state index < -0.39 is 23.2 Å². The minimum absolute atomic E-state index is 0.0714. The van der Waals surface area contributed by atoms with Crippen molar-refractivity contribution in [3.8, 4) is 5.75 Å². The Morgan fingerprint density at radius 2 is 1.54 bits per heavy atom. The highest BCUT2D eigenvalue weighted by atomic mass is 16.5. The zero-order valence-corrected chi connectivity index (χ0v) is 15.7. The predicted molar refractivity (Wildman–Crippen MR) is 104 cm³/mol. The van der Waals surface area contributed by atoms with Crippen molar-refractivity contribution < 1.29 is 24.2 Å². The van der Waals surface area contributed by atoms with Crippen LogP contribution in [-0.2, 0) is 19.8 Å². The molecular formula is C21H24N2O5. The molecule has 2 aromatic carbocycles. The molecule has 7 heteroatoms. The predicted octanol–water partition coefficient (Wildman–Crippen LogP) is 1.73. The lowest BCUT2D eigenvalue weighted by Gasteiger charge is -2.29. The van der Waals surface area contributed by atoms with Crippen LogP contribution >= 0.6 is 0 Å². The van der Waals surface area contributed by atoms with Crippen molar-refractivity contribution in [1.29, 1.82) is 0 Å². The van der Waals surface area contributed by atoms with Gasteiger partial charge in [0.15, 0.2) is 6.61 Å². The Bertz CT molecular complexity index is 795. The number of hydrogen-bond acceptors (Lipinski definition) is 4. The van der Waals surface area contributed by atoms with Gasteiger partial charge in [0.2, 0.25) is 5.91 Å². The number of para-hydroxylation sites is 1. The summed E-state index contributed by atoms with van der Waals surface area (Å²) < 4.78 is 5.30. The minimum Gasteiger partial charge on any atom is -0.484 e. The van der Waals surface area contributed by atoms with Gasteiger partial charge in [-0.25, -0.2) is 0 Å². The summed E-state index contributed by atoms with van der Waals surface area (Å²) in [4.78, 5) is 35.8. The molecule has 3 N–H and O–H groups in total. The monoisotopic (exact) mass is 384 g/mol. The van der Waals surface area contributed by atoms with Crippen LogP contribution in [-0.4, -0.2) is 42.6 Å². The molecule has 2 aromatic rings. The normalized spacial score (nSPS) is 12.5. The third kappa shape index (κ3) is 5.57. The van der Waals surface area contributed by atoms with E-state index in [4.69, 9.17) is 4.74 Å². The molecule has 0 aliphatic heterocycles. The SMILES string of the molecule is CCC(CNC(=O)CNC(=O)COc1ccccc1)(C(=O)O)c1ccccc1. The van der Waals surface area contributed by atoms with Gasteiger partial charge in [-0.2, -0.15) is 0 Å². The average molecular weight is 384 g/mol. The summed E-state index contributed by atoms with van der Waals surface area (Å²) in [7, 11) is 0. The first-order chi connectivity index (χ1) is 13.5. The van der Waals surface area contributed by atoms with E-state index in [0.29, 0.717) is 17.7 Å². The Morgan fingerprint density at radius 1 is 0.929 bits per heavy atom.